The Morgan fingerprint density at radius 3 is 2.72 bits per heavy atom. The molecule has 25 heavy (non-hydrogen) atoms. The second-order valence-corrected chi connectivity index (χ2v) is 6.71. The highest BCUT2D eigenvalue weighted by Gasteiger charge is 2.08. The van der Waals surface area contributed by atoms with E-state index in [4.69, 9.17) is 0 Å². The molecule has 1 aromatic rings. The normalized spacial score (nSPS) is 16.0. The lowest BCUT2D eigenvalue weighted by Gasteiger charge is -2.26. The maximum absolute atomic E-state index is 13.2. The number of rotatable bonds is 9. The van der Waals surface area contributed by atoms with Gasteiger partial charge in [-0.25, -0.2) is 9.38 Å². The zero-order chi connectivity index (χ0) is 17.7. The maximum atomic E-state index is 13.2. The molecule has 1 aliphatic heterocycles. The van der Waals surface area contributed by atoms with Crippen LogP contribution < -0.4 is 10.6 Å². The lowest BCUT2D eigenvalue weighted by molar-refractivity contribution is 0.224. The van der Waals surface area contributed by atoms with Crippen molar-refractivity contribution >= 4 is 5.96 Å². The first-order valence-electron chi connectivity index (χ1n) is 9.77. The molecule has 2 N–H and O–H groups in total. The molecule has 0 aromatic heterocycles. The highest BCUT2D eigenvalue weighted by Crippen LogP contribution is 2.09. The van der Waals surface area contributed by atoms with Crippen LogP contribution in [-0.4, -0.2) is 43.6 Å². The van der Waals surface area contributed by atoms with E-state index in [0.29, 0.717) is 6.54 Å². The quantitative estimate of drug-likeness (QED) is 0.407. The number of hydrogen-bond donors (Lipinski definition) is 2. The number of nitrogens with zero attached hydrogens (tertiary/aromatic N) is 2. The van der Waals surface area contributed by atoms with Crippen molar-refractivity contribution in [3.8, 4) is 0 Å². The summed E-state index contributed by atoms with van der Waals surface area (Å²) in [7, 11) is 0. The Bertz CT molecular complexity index is 512. The van der Waals surface area contributed by atoms with E-state index in [1.165, 1.54) is 63.9 Å². The average Bonchev–Trinajstić information content (AvgIpc) is 2.63. The third-order valence-corrected chi connectivity index (χ3v) is 4.55. The molecule has 0 bridgehead atoms. The molecule has 1 heterocycles. The Morgan fingerprint density at radius 2 is 1.96 bits per heavy atom. The van der Waals surface area contributed by atoms with Crippen molar-refractivity contribution in [1.82, 2.24) is 15.5 Å². The largest absolute Gasteiger partial charge is 0.357 e. The van der Waals surface area contributed by atoms with Crippen LogP contribution in [0.1, 0.15) is 51.0 Å². The number of unbranched alkanes of at least 4 members (excludes halogenated alkanes) is 2. The lowest BCUT2D eigenvalue weighted by atomic mass is 10.1. The number of halogens is 1. The molecule has 0 atom stereocenters. The number of nitrogens with one attached hydrogen (secondary N) is 2. The molecule has 5 heteroatoms. The van der Waals surface area contributed by atoms with Crippen molar-refractivity contribution in [3.63, 3.8) is 0 Å². The van der Waals surface area contributed by atoms with Crippen LogP contribution in [0.4, 0.5) is 4.39 Å². The summed E-state index contributed by atoms with van der Waals surface area (Å²) in [5, 5.41) is 6.62. The summed E-state index contributed by atoms with van der Waals surface area (Å²) < 4.78 is 13.2. The average molecular weight is 349 g/mol. The van der Waals surface area contributed by atoms with Crippen LogP contribution in [0.3, 0.4) is 0 Å². The molecule has 0 aliphatic carbocycles. The maximum Gasteiger partial charge on any atom is 0.191 e. The van der Waals surface area contributed by atoms with Gasteiger partial charge in [-0.1, -0.05) is 25.0 Å². The minimum atomic E-state index is -0.209. The molecular formula is C20H33FN4. The van der Waals surface area contributed by atoms with Crippen molar-refractivity contribution in [2.75, 3.05) is 32.7 Å². The molecule has 1 aliphatic rings. The first kappa shape index (κ1) is 19.7. The first-order valence-corrected chi connectivity index (χ1v) is 9.77. The van der Waals surface area contributed by atoms with Gasteiger partial charge in [0.05, 0.1) is 6.54 Å². The highest BCUT2D eigenvalue weighted by atomic mass is 19.1. The number of likely N-dealkylation sites (tertiary alicyclic amines) is 1. The van der Waals surface area contributed by atoms with E-state index >= 15 is 0 Å². The number of benzene rings is 1. The van der Waals surface area contributed by atoms with Crippen LogP contribution in [0.2, 0.25) is 0 Å². The lowest BCUT2D eigenvalue weighted by Crippen LogP contribution is -2.37. The van der Waals surface area contributed by atoms with Gasteiger partial charge >= 0.3 is 0 Å². The van der Waals surface area contributed by atoms with E-state index < -0.39 is 0 Å². The predicted octanol–water partition coefficient (Wildman–Crippen LogP) is 3.54. The molecule has 140 valence electrons. The van der Waals surface area contributed by atoms with E-state index in [-0.39, 0.29) is 5.82 Å². The van der Waals surface area contributed by atoms with E-state index in [9.17, 15) is 4.39 Å². The van der Waals surface area contributed by atoms with Gasteiger partial charge in [0.2, 0.25) is 0 Å². The third kappa shape index (κ3) is 8.34. The van der Waals surface area contributed by atoms with Crippen molar-refractivity contribution in [2.24, 2.45) is 4.99 Å². The molecular weight excluding hydrogens is 315 g/mol. The molecule has 1 aromatic carbocycles. The van der Waals surface area contributed by atoms with Gasteiger partial charge in [0.25, 0.3) is 0 Å². The van der Waals surface area contributed by atoms with Gasteiger partial charge in [-0.2, -0.15) is 0 Å². The fourth-order valence-corrected chi connectivity index (χ4v) is 3.17. The zero-order valence-corrected chi connectivity index (χ0v) is 15.6. The second kappa shape index (κ2) is 11.9. The van der Waals surface area contributed by atoms with E-state index in [1.807, 2.05) is 6.07 Å². The number of piperidine rings is 1. The van der Waals surface area contributed by atoms with E-state index in [2.05, 4.69) is 27.4 Å². The monoisotopic (exact) mass is 348 g/mol. The minimum absolute atomic E-state index is 0.209. The highest BCUT2D eigenvalue weighted by molar-refractivity contribution is 5.79. The Balaban J connectivity index is 1.62. The van der Waals surface area contributed by atoms with Crippen LogP contribution >= 0.6 is 0 Å². The van der Waals surface area contributed by atoms with Crippen LogP contribution in [-0.2, 0) is 6.54 Å². The van der Waals surface area contributed by atoms with Crippen molar-refractivity contribution in [2.45, 2.75) is 52.0 Å². The minimum Gasteiger partial charge on any atom is -0.357 e. The SMILES string of the molecule is CCNC(=NCc1cccc(F)c1)NCCCCCN1CCCCC1. The summed E-state index contributed by atoms with van der Waals surface area (Å²) in [6.07, 6.45) is 7.82. The van der Waals surface area contributed by atoms with Gasteiger partial charge in [0.1, 0.15) is 5.82 Å². The second-order valence-electron chi connectivity index (χ2n) is 6.71. The summed E-state index contributed by atoms with van der Waals surface area (Å²) in [5.74, 6) is 0.599. The van der Waals surface area contributed by atoms with Crippen LogP contribution in [0, 0.1) is 5.82 Å². The summed E-state index contributed by atoms with van der Waals surface area (Å²) in [4.78, 5) is 7.13. The Kier molecular flexibility index (Phi) is 9.34. The topological polar surface area (TPSA) is 39.7 Å². The molecule has 1 saturated heterocycles. The molecule has 1 fully saturated rings. The Hall–Kier alpha value is -1.62. The molecule has 0 radical (unpaired) electrons. The van der Waals surface area contributed by atoms with Gasteiger partial charge in [-0.05, 0) is 69.9 Å². The summed E-state index contributed by atoms with van der Waals surface area (Å²) in [5.41, 5.74) is 0.888. The van der Waals surface area contributed by atoms with Crippen molar-refractivity contribution < 1.29 is 4.39 Å². The zero-order valence-electron chi connectivity index (χ0n) is 15.6. The summed E-state index contributed by atoms with van der Waals surface area (Å²) in [6, 6.07) is 6.62. The van der Waals surface area contributed by atoms with Gasteiger partial charge in [-0.3, -0.25) is 0 Å². The fraction of sp³-hybridized carbons (Fsp3) is 0.650. The van der Waals surface area contributed by atoms with Crippen molar-refractivity contribution in [3.05, 3.63) is 35.6 Å². The van der Waals surface area contributed by atoms with Crippen LogP contribution in [0.5, 0.6) is 0 Å². The number of guanidine groups is 1. The molecule has 0 spiro atoms. The van der Waals surface area contributed by atoms with E-state index in [1.54, 1.807) is 6.07 Å². The third-order valence-electron chi connectivity index (χ3n) is 4.55. The Labute approximate surface area is 151 Å². The van der Waals surface area contributed by atoms with E-state index in [0.717, 1.165) is 31.0 Å². The summed E-state index contributed by atoms with van der Waals surface area (Å²) >= 11 is 0. The van der Waals surface area contributed by atoms with Crippen LogP contribution in [0.15, 0.2) is 29.3 Å². The van der Waals surface area contributed by atoms with Crippen LogP contribution in [0.25, 0.3) is 0 Å². The Morgan fingerprint density at radius 1 is 1.12 bits per heavy atom. The van der Waals surface area contributed by atoms with Gasteiger partial charge < -0.3 is 15.5 Å². The number of hydrogen-bond acceptors (Lipinski definition) is 2. The smallest absolute Gasteiger partial charge is 0.191 e. The molecule has 2 rings (SSSR count). The van der Waals surface area contributed by atoms with Crippen molar-refractivity contribution in [1.29, 1.82) is 0 Å². The molecule has 4 nitrogen and oxygen atoms in total. The molecule has 0 amide bonds. The fourth-order valence-electron chi connectivity index (χ4n) is 3.17. The molecule has 0 unspecified atom stereocenters. The molecule has 0 saturated carbocycles. The van der Waals surface area contributed by atoms with Gasteiger partial charge in [0, 0.05) is 13.1 Å². The predicted molar refractivity (Wildman–Crippen MR) is 103 cm³/mol. The number of aliphatic imine (C=N–C) groups is 1. The van der Waals surface area contributed by atoms with Gasteiger partial charge in [0.15, 0.2) is 5.96 Å². The first-order chi connectivity index (χ1) is 12.3. The summed E-state index contributed by atoms with van der Waals surface area (Å²) in [6.45, 7) is 8.11. The standard InChI is InChI=1S/C20H33FN4/c1-2-22-20(24-17-18-10-9-11-19(21)16-18)23-12-5-3-6-13-25-14-7-4-8-15-25/h9-11,16H,2-8,12-15,17H2,1H3,(H2,22,23,24). The van der Waals surface area contributed by atoms with Gasteiger partial charge in [-0.15, -0.1) is 0 Å².